The number of rotatable bonds is 5. The van der Waals surface area contributed by atoms with Crippen LogP contribution < -0.4 is 11.1 Å². The second kappa shape index (κ2) is 7.40. The van der Waals surface area contributed by atoms with Crippen molar-refractivity contribution in [1.29, 1.82) is 0 Å². The molecule has 1 aliphatic carbocycles. The molecule has 0 spiro atoms. The summed E-state index contributed by atoms with van der Waals surface area (Å²) in [6.45, 7) is 2.26. The molecule has 1 aliphatic rings. The van der Waals surface area contributed by atoms with Gasteiger partial charge in [0.15, 0.2) is 0 Å². The van der Waals surface area contributed by atoms with Gasteiger partial charge in [-0.2, -0.15) is 0 Å². The second-order valence-electron chi connectivity index (χ2n) is 6.11. The minimum absolute atomic E-state index is 0.0887. The van der Waals surface area contributed by atoms with Crippen molar-refractivity contribution in [3.8, 4) is 0 Å². The number of thiophene rings is 1. The van der Waals surface area contributed by atoms with Crippen LogP contribution in [0.5, 0.6) is 0 Å². The molecule has 2 amide bonds. The molecule has 4 nitrogen and oxygen atoms in total. The molecule has 6 heteroatoms. The third-order valence-electron chi connectivity index (χ3n) is 4.06. The Hall–Kier alpha value is -1.79. The van der Waals surface area contributed by atoms with E-state index in [4.69, 9.17) is 5.73 Å². The molecule has 0 bridgehead atoms. The highest BCUT2D eigenvalue weighted by atomic mass is 32.2. The van der Waals surface area contributed by atoms with Crippen molar-refractivity contribution in [2.45, 2.75) is 31.1 Å². The number of hydrogen-bond acceptors (Lipinski definition) is 4. The van der Waals surface area contributed by atoms with Crippen LogP contribution in [0.2, 0.25) is 0 Å². The molecule has 1 atom stereocenters. The van der Waals surface area contributed by atoms with E-state index in [9.17, 15) is 9.59 Å². The van der Waals surface area contributed by atoms with Crippen molar-refractivity contribution in [2.75, 3.05) is 11.1 Å². The van der Waals surface area contributed by atoms with Gasteiger partial charge in [0.05, 0.1) is 16.3 Å². The van der Waals surface area contributed by atoms with Gasteiger partial charge in [-0.25, -0.2) is 0 Å². The summed E-state index contributed by atoms with van der Waals surface area (Å²) < 4.78 is 0. The van der Waals surface area contributed by atoms with E-state index in [0.29, 0.717) is 11.6 Å². The van der Waals surface area contributed by atoms with Gasteiger partial charge >= 0.3 is 0 Å². The number of thioether (sulfide) groups is 1. The molecule has 1 aromatic carbocycles. The van der Waals surface area contributed by atoms with Crippen LogP contribution in [0.1, 0.15) is 33.5 Å². The number of anilines is 1. The maximum Gasteiger partial charge on any atom is 0.265 e. The molecule has 0 saturated carbocycles. The molecule has 1 heterocycles. The van der Waals surface area contributed by atoms with Crippen LogP contribution in [-0.2, 0) is 17.6 Å². The first-order valence-corrected chi connectivity index (χ1v) is 9.76. The van der Waals surface area contributed by atoms with Gasteiger partial charge in [-0.1, -0.05) is 19.1 Å². The number of fused-ring (bicyclic) bond motifs is 1. The molecule has 0 aliphatic heterocycles. The molecular weight excluding hydrogens is 340 g/mol. The first-order chi connectivity index (χ1) is 11.5. The maximum atomic E-state index is 12.6. The quantitative estimate of drug-likeness (QED) is 0.799. The average molecular weight is 361 g/mol. The van der Waals surface area contributed by atoms with Gasteiger partial charge < -0.3 is 11.1 Å². The number of nitrogens with two attached hydrogens (primary N) is 1. The van der Waals surface area contributed by atoms with Crippen LogP contribution in [0.3, 0.4) is 0 Å². The molecule has 24 heavy (non-hydrogen) atoms. The molecule has 0 radical (unpaired) electrons. The smallest absolute Gasteiger partial charge is 0.265 e. The van der Waals surface area contributed by atoms with Crippen LogP contribution >= 0.6 is 23.1 Å². The number of carbonyl (C=O) groups is 2. The monoisotopic (exact) mass is 360 g/mol. The van der Waals surface area contributed by atoms with Crippen molar-refractivity contribution in [3.63, 3.8) is 0 Å². The fraction of sp³-hybridized carbons (Fsp3) is 0.333. The zero-order chi connectivity index (χ0) is 17.1. The second-order valence-corrected chi connectivity index (χ2v) is 8.27. The van der Waals surface area contributed by atoms with E-state index in [1.807, 2.05) is 30.3 Å². The number of benzene rings is 1. The Labute approximate surface area is 149 Å². The van der Waals surface area contributed by atoms with Crippen LogP contribution in [0.15, 0.2) is 35.2 Å². The van der Waals surface area contributed by atoms with Crippen LogP contribution in [-0.4, -0.2) is 17.6 Å². The zero-order valence-corrected chi connectivity index (χ0v) is 15.1. The Bertz CT molecular complexity index is 770. The number of primary amides is 1. The lowest BCUT2D eigenvalue weighted by atomic mass is 9.90. The summed E-state index contributed by atoms with van der Waals surface area (Å²) in [6.07, 6.45) is 3.32. The minimum atomic E-state index is -0.374. The number of para-hydroxylation sites is 1. The first-order valence-electron chi connectivity index (χ1n) is 7.96. The largest absolute Gasteiger partial charge is 0.369 e. The van der Waals surface area contributed by atoms with Crippen LogP contribution in [0, 0.1) is 5.92 Å². The summed E-state index contributed by atoms with van der Waals surface area (Å²) in [4.78, 5) is 26.5. The molecule has 1 aromatic heterocycles. The van der Waals surface area contributed by atoms with Gasteiger partial charge in [0.25, 0.3) is 5.91 Å². The lowest BCUT2D eigenvalue weighted by Gasteiger charge is -2.16. The van der Waals surface area contributed by atoms with E-state index < -0.39 is 0 Å². The van der Waals surface area contributed by atoms with E-state index >= 15 is 0 Å². The fourth-order valence-electron chi connectivity index (χ4n) is 2.85. The number of carbonyl (C=O) groups excluding carboxylic acids is 2. The standard InChI is InChI=1S/C18H20N2O2S2/c1-11-6-7-14-12(8-11)9-16(24-14)18(22)20-13-4-2-3-5-15(13)23-10-17(19)21/h2-5,9,11H,6-8,10H2,1H3,(H2,19,21)(H,20,22). The van der Waals surface area contributed by atoms with Crippen molar-refractivity contribution in [3.05, 3.63) is 45.6 Å². The third kappa shape index (κ3) is 3.99. The van der Waals surface area contributed by atoms with E-state index in [1.54, 1.807) is 11.3 Å². The summed E-state index contributed by atoms with van der Waals surface area (Å²) >= 11 is 2.93. The van der Waals surface area contributed by atoms with Gasteiger partial charge in [0.2, 0.25) is 5.91 Å². The predicted molar refractivity (Wildman–Crippen MR) is 99.8 cm³/mol. The number of amides is 2. The Kier molecular flexibility index (Phi) is 5.26. The van der Waals surface area contributed by atoms with E-state index in [0.717, 1.165) is 22.6 Å². The van der Waals surface area contributed by atoms with Gasteiger partial charge in [0, 0.05) is 9.77 Å². The lowest BCUT2D eigenvalue weighted by Crippen LogP contribution is -2.14. The number of nitrogens with one attached hydrogen (secondary N) is 1. The van der Waals surface area contributed by atoms with Gasteiger partial charge in [-0.15, -0.1) is 23.1 Å². The lowest BCUT2D eigenvalue weighted by molar-refractivity contribution is -0.115. The summed E-state index contributed by atoms with van der Waals surface area (Å²) in [5, 5.41) is 2.97. The number of hydrogen-bond donors (Lipinski definition) is 2. The Balaban J connectivity index is 1.74. The topological polar surface area (TPSA) is 72.2 Å². The number of aryl methyl sites for hydroxylation is 1. The summed E-state index contributed by atoms with van der Waals surface area (Å²) in [6, 6.07) is 9.50. The van der Waals surface area contributed by atoms with E-state index in [1.165, 1.54) is 28.6 Å². The van der Waals surface area contributed by atoms with Gasteiger partial charge in [0.1, 0.15) is 0 Å². The molecule has 1 unspecified atom stereocenters. The third-order valence-corrected chi connectivity index (χ3v) is 6.39. The molecule has 2 aromatic rings. The van der Waals surface area contributed by atoms with Crippen molar-refractivity contribution in [2.24, 2.45) is 11.7 Å². The molecule has 3 rings (SSSR count). The maximum absolute atomic E-state index is 12.6. The highest BCUT2D eigenvalue weighted by molar-refractivity contribution is 8.00. The summed E-state index contributed by atoms with van der Waals surface area (Å²) in [5.74, 6) is 0.419. The average Bonchev–Trinajstić information content (AvgIpc) is 2.97. The predicted octanol–water partition coefficient (Wildman–Crippen LogP) is 3.70. The Morgan fingerprint density at radius 1 is 1.38 bits per heavy atom. The minimum Gasteiger partial charge on any atom is -0.369 e. The Morgan fingerprint density at radius 2 is 2.17 bits per heavy atom. The van der Waals surface area contributed by atoms with E-state index in [-0.39, 0.29) is 17.6 Å². The molecule has 3 N–H and O–H groups in total. The molecular formula is C18H20N2O2S2. The van der Waals surface area contributed by atoms with Crippen molar-refractivity contribution < 1.29 is 9.59 Å². The molecule has 0 saturated heterocycles. The van der Waals surface area contributed by atoms with Crippen LogP contribution in [0.25, 0.3) is 0 Å². The molecule has 0 fully saturated rings. The first kappa shape index (κ1) is 17.0. The van der Waals surface area contributed by atoms with Crippen molar-refractivity contribution >= 4 is 40.6 Å². The zero-order valence-electron chi connectivity index (χ0n) is 13.5. The highest BCUT2D eigenvalue weighted by Gasteiger charge is 2.21. The highest BCUT2D eigenvalue weighted by Crippen LogP contribution is 2.33. The van der Waals surface area contributed by atoms with Gasteiger partial charge in [-0.05, 0) is 48.9 Å². The normalized spacial score (nSPS) is 16.5. The summed E-state index contributed by atoms with van der Waals surface area (Å²) in [5.41, 5.74) is 7.24. The Morgan fingerprint density at radius 3 is 2.96 bits per heavy atom. The fourth-order valence-corrected chi connectivity index (χ4v) is 4.70. The molecule has 126 valence electrons. The van der Waals surface area contributed by atoms with E-state index in [2.05, 4.69) is 12.2 Å². The summed E-state index contributed by atoms with van der Waals surface area (Å²) in [7, 11) is 0. The van der Waals surface area contributed by atoms with Gasteiger partial charge in [-0.3, -0.25) is 9.59 Å². The van der Waals surface area contributed by atoms with Crippen molar-refractivity contribution in [1.82, 2.24) is 0 Å². The van der Waals surface area contributed by atoms with Crippen LogP contribution in [0.4, 0.5) is 5.69 Å². The SMILES string of the molecule is CC1CCc2sc(C(=O)Nc3ccccc3SCC(N)=O)cc2C1.